The molecule has 0 saturated carbocycles. The lowest BCUT2D eigenvalue weighted by molar-refractivity contribution is -0.0718. The van der Waals surface area contributed by atoms with E-state index in [0.29, 0.717) is 0 Å². The van der Waals surface area contributed by atoms with Crippen molar-refractivity contribution in [1.82, 2.24) is 0 Å². The van der Waals surface area contributed by atoms with Crippen LogP contribution in [0.2, 0.25) is 5.02 Å². The van der Waals surface area contributed by atoms with Crippen LogP contribution in [0.25, 0.3) is 0 Å². The van der Waals surface area contributed by atoms with Gasteiger partial charge in [-0.15, -0.1) is 12.4 Å². The molecule has 0 saturated heterocycles. The van der Waals surface area contributed by atoms with Crippen LogP contribution in [-0.4, -0.2) is 17.6 Å². The third kappa shape index (κ3) is 3.01. The van der Waals surface area contributed by atoms with Crippen molar-refractivity contribution >= 4 is 24.0 Å². The van der Waals surface area contributed by atoms with Crippen LogP contribution in [0.3, 0.4) is 0 Å². The Morgan fingerprint density at radius 2 is 2.00 bits per heavy atom. The number of aliphatic hydroxyl groups is 1. The molecule has 0 aliphatic heterocycles. The summed E-state index contributed by atoms with van der Waals surface area (Å²) in [6, 6.07) is 1.73. The van der Waals surface area contributed by atoms with Crippen LogP contribution in [-0.2, 0) is 0 Å². The fraction of sp³-hybridized carbons (Fsp3) is 0.333. The monoisotopic (exact) mass is 275 g/mol. The number of hydrogen-bond acceptors (Lipinski definition) is 2. The maximum atomic E-state index is 13.3. The summed E-state index contributed by atoms with van der Waals surface area (Å²) in [6.07, 6.45) is 0. The number of rotatable bonds is 3. The molecule has 1 atom stereocenters. The van der Waals surface area contributed by atoms with Crippen LogP contribution in [0.15, 0.2) is 18.2 Å². The van der Waals surface area contributed by atoms with Gasteiger partial charge in [-0.2, -0.15) is 0 Å². The first-order chi connectivity index (χ1) is 6.90. The van der Waals surface area contributed by atoms with Gasteiger partial charge in [0.25, 0.3) is 5.92 Å². The van der Waals surface area contributed by atoms with Crippen molar-refractivity contribution in [2.45, 2.75) is 12.0 Å². The predicted octanol–water partition coefficient (Wildman–Crippen LogP) is 2.53. The highest BCUT2D eigenvalue weighted by Gasteiger charge is 2.38. The molecule has 1 rings (SSSR count). The van der Waals surface area contributed by atoms with E-state index in [1.165, 1.54) is 12.1 Å². The van der Waals surface area contributed by atoms with E-state index >= 15 is 0 Å². The first kappa shape index (κ1) is 15.5. The molecule has 7 heteroatoms. The van der Waals surface area contributed by atoms with E-state index in [0.717, 1.165) is 6.07 Å². The van der Waals surface area contributed by atoms with Crippen molar-refractivity contribution < 1.29 is 18.3 Å². The maximum absolute atomic E-state index is 13.3. The average molecular weight is 276 g/mol. The number of aliphatic hydroxyl groups excluding tert-OH is 1. The lowest BCUT2D eigenvalue weighted by Crippen LogP contribution is -2.36. The molecule has 3 N–H and O–H groups in total. The number of alkyl halides is 2. The van der Waals surface area contributed by atoms with Gasteiger partial charge in [-0.25, -0.2) is 13.2 Å². The van der Waals surface area contributed by atoms with Gasteiger partial charge in [-0.05, 0) is 6.07 Å². The first-order valence-corrected chi connectivity index (χ1v) is 4.46. The van der Waals surface area contributed by atoms with Gasteiger partial charge in [0.05, 0.1) is 11.1 Å². The number of halogens is 5. The molecule has 0 aliphatic carbocycles. The Morgan fingerprint density at radius 3 is 2.50 bits per heavy atom. The molecule has 2 nitrogen and oxygen atoms in total. The van der Waals surface area contributed by atoms with Gasteiger partial charge in [-0.3, -0.25) is 0 Å². The number of hydrogen-bond donors (Lipinski definition) is 2. The fourth-order valence-corrected chi connectivity index (χ4v) is 1.27. The molecule has 0 fully saturated rings. The molecule has 0 bridgehead atoms. The second-order valence-electron chi connectivity index (χ2n) is 3.04. The molecule has 0 amide bonds. The topological polar surface area (TPSA) is 46.2 Å². The number of benzene rings is 1. The zero-order chi connectivity index (χ0) is 11.6. The molecule has 16 heavy (non-hydrogen) atoms. The minimum absolute atomic E-state index is 0. The molecule has 0 heterocycles. The van der Waals surface area contributed by atoms with E-state index in [1.54, 1.807) is 0 Å². The molecule has 0 unspecified atom stereocenters. The van der Waals surface area contributed by atoms with Crippen molar-refractivity contribution in [3.63, 3.8) is 0 Å². The summed E-state index contributed by atoms with van der Waals surface area (Å²) in [5.41, 5.74) is 4.73. The highest BCUT2D eigenvalue weighted by Crippen LogP contribution is 2.32. The molecule has 92 valence electrons. The molecular weight excluding hydrogens is 266 g/mol. The van der Waals surface area contributed by atoms with Crippen molar-refractivity contribution in [3.05, 3.63) is 34.6 Å². The second kappa shape index (κ2) is 5.72. The summed E-state index contributed by atoms with van der Waals surface area (Å²) in [6.45, 7) is -1.44. The van der Waals surface area contributed by atoms with Gasteiger partial charge >= 0.3 is 0 Å². The van der Waals surface area contributed by atoms with E-state index in [1.807, 2.05) is 0 Å². The molecule has 1 aromatic carbocycles. The van der Waals surface area contributed by atoms with Crippen LogP contribution in [0.5, 0.6) is 0 Å². The lowest BCUT2D eigenvalue weighted by Gasteiger charge is -2.22. The summed E-state index contributed by atoms with van der Waals surface area (Å²) in [7, 11) is 0. The molecular formula is C9H10Cl2F3NO. The van der Waals surface area contributed by atoms with Gasteiger partial charge in [0.15, 0.2) is 0 Å². The zero-order valence-corrected chi connectivity index (χ0v) is 9.53. The number of nitrogens with two attached hydrogens (primary N) is 1. The van der Waals surface area contributed by atoms with E-state index in [4.69, 9.17) is 22.4 Å². The second-order valence-corrected chi connectivity index (χ2v) is 3.45. The van der Waals surface area contributed by atoms with Crippen molar-refractivity contribution in [3.8, 4) is 0 Å². The molecule has 0 spiro atoms. The van der Waals surface area contributed by atoms with Crippen LogP contribution in [0.4, 0.5) is 13.2 Å². The van der Waals surface area contributed by atoms with Gasteiger partial charge in [0.1, 0.15) is 12.4 Å². The smallest absolute Gasteiger partial charge is 0.289 e. The average Bonchev–Trinajstić information content (AvgIpc) is 2.21. The summed E-state index contributed by atoms with van der Waals surface area (Å²) >= 11 is 5.41. The van der Waals surface area contributed by atoms with Gasteiger partial charge in [0.2, 0.25) is 0 Å². The van der Waals surface area contributed by atoms with E-state index in [-0.39, 0.29) is 17.4 Å². The standard InChI is InChI=1S/C9H9ClF3NO.ClH/c10-6-3-1-2-5(7(6)11)8(14)9(12,13)4-15;/h1-3,8,15H,4,14H2;1H/t8-;/m0./s1. The van der Waals surface area contributed by atoms with E-state index in [2.05, 4.69) is 0 Å². The van der Waals surface area contributed by atoms with Crippen LogP contribution < -0.4 is 5.73 Å². The van der Waals surface area contributed by atoms with Gasteiger partial charge in [-0.1, -0.05) is 23.7 Å². The predicted molar refractivity (Wildman–Crippen MR) is 57.6 cm³/mol. The largest absolute Gasteiger partial charge is 0.390 e. The Hall–Kier alpha value is -0.490. The highest BCUT2D eigenvalue weighted by atomic mass is 35.5. The van der Waals surface area contributed by atoms with Crippen LogP contribution in [0.1, 0.15) is 11.6 Å². The molecule has 0 radical (unpaired) electrons. The van der Waals surface area contributed by atoms with Gasteiger partial charge in [0, 0.05) is 5.56 Å². The Bertz CT molecular complexity index is 363. The highest BCUT2D eigenvalue weighted by molar-refractivity contribution is 6.30. The minimum atomic E-state index is -3.58. The Balaban J connectivity index is 0.00000225. The quantitative estimate of drug-likeness (QED) is 0.891. The lowest BCUT2D eigenvalue weighted by atomic mass is 10.0. The Kier molecular flexibility index (Phi) is 5.55. The summed E-state index contributed by atoms with van der Waals surface area (Å²) in [4.78, 5) is 0. The molecule has 0 aliphatic rings. The third-order valence-corrected chi connectivity index (χ3v) is 2.27. The Labute approximate surface area is 102 Å². The maximum Gasteiger partial charge on any atom is 0.289 e. The summed E-state index contributed by atoms with van der Waals surface area (Å²) in [5, 5.41) is 8.12. The Morgan fingerprint density at radius 1 is 1.44 bits per heavy atom. The first-order valence-electron chi connectivity index (χ1n) is 4.08. The zero-order valence-electron chi connectivity index (χ0n) is 7.96. The van der Waals surface area contributed by atoms with E-state index < -0.39 is 30.0 Å². The van der Waals surface area contributed by atoms with Crippen LogP contribution >= 0.6 is 24.0 Å². The van der Waals surface area contributed by atoms with Crippen molar-refractivity contribution in [1.29, 1.82) is 0 Å². The summed E-state index contributed by atoms with van der Waals surface area (Å²) < 4.78 is 39.2. The fourth-order valence-electron chi connectivity index (χ4n) is 1.09. The van der Waals surface area contributed by atoms with Crippen LogP contribution in [0, 0.1) is 5.82 Å². The minimum Gasteiger partial charge on any atom is -0.390 e. The molecule has 0 aromatic heterocycles. The summed E-state index contributed by atoms with van der Waals surface area (Å²) in [5.74, 6) is -4.56. The molecule has 1 aromatic rings. The van der Waals surface area contributed by atoms with Crippen molar-refractivity contribution in [2.75, 3.05) is 6.61 Å². The normalized spacial score (nSPS) is 13.1. The van der Waals surface area contributed by atoms with E-state index in [9.17, 15) is 13.2 Å². The third-order valence-electron chi connectivity index (χ3n) is 1.98. The van der Waals surface area contributed by atoms with Gasteiger partial charge < -0.3 is 10.8 Å². The van der Waals surface area contributed by atoms with Crippen molar-refractivity contribution in [2.24, 2.45) is 5.73 Å². The SMILES string of the molecule is Cl.N[C@@H](c1cccc(Cl)c1F)C(F)(F)CO.